The van der Waals surface area contributed by atoms with Gasteiger partial charge in [0.15, 0.2) is 6.10 Å². The molecule has 0 unspecified atom stereocenters. The smallest absolute Gasteiger partial charge is 0.416 e. The van der Waals surface area contributed by atoms with E-state index in [1.807, 2.05) is 5.32 Å². The number of aliphatic hydroxyl groups is 1. The molecule has 0 aliphatic carbocycles. The van der Waals surface area contributed by atoms with Crippen molar-refractivity contribution in [2.45, 2.75) is 12.3 Å². The second-order valence-electron chi connectivity index (χ2n) is 3.55. The van der Waals surface area contributed by atoms with Gasteiger partial charge in [-0.25, -0.2) is 0 Å². The molecule has 0 heterocycles. The first-order chi connectivity index (χ1) is 8.62. The van der Waals surface area contributed by atoms with Gasteiger partial charge in [0, 0.05) is 5.02 Å². The molecule has 0 fully saturated rings. The predicted octanol–water partition coefficient (Wildman–Crippen LogP) is 2.35. The molecule has 0 aliphatic rings. The van der Waals surface area contributed by atoms with Crippen LogP contribution in [0.5, 0.6) is 5.75 Å². The lowest BCUT2D eigenvalue weighted by Gasteiger charge is -2.15. The lowest BCUT2D eigenvalue weighted by molar-refractivity contribution is -0.201. The van der Waals surface area contributed by atoms with E-state index in [9.17, 15) is 23.1 Å². The van der Waals surface area contributed by atoms with E-state index in [4.69, 9.17) is 28.3 Å². The molecule has 1 amide bonds. The fraction of sp³-hybridized carbons (Fsp3) is 0.300. The molecule has 1 aromatic carbocycles. The van der Waals surface area contributed by atoms with Gasteiger partial charge in [0.1, 0.15) is 5.75 Å². The Labute approximate surface area is 115 Å². The second-order valence-corrected chi connectivity index (χ2v) is 4.39. The molecule has 1 rings (SSSR count). The van der Waals surface area contributed by atoms with Crippen molar-refractivity contribution in [1.29, 1.82) is 0 Å². The molecule has 0 bridgehead atoms. The van der Waals surface area contributed by atoms with E-state index in [1.165, 1.54) is 0 Å². The fourth-order valence-corrected chi connectivity index (χ4v) is 1.75. The molecule has 19 heavy (non-hydrogen) atoms. The molecule has 1 atom stereocenters. The normalized spacial score (nSPS) is 13.2. The van der Waals surface area contributed by atoms with Crippen LogP contribution in [0.3, 0.4) is 0 Å². The van der Waals surface area contributed by atoms with Crippen LogP contribution in [0.4, 0.5) is 13.2 Å². The van der Waals surface area contributed by atoms with Crippen molar-refractivity contribution < 1.29 is 28.2 Å². The van der Waals surface area contributed by atoms with E-state index < -0.39 is 36.0 Å². The highest BCUT2D eigenvalue weighted by Crippen LogP contribution is 2.30. The van der Waals surface area contributed by atoms with Crippen LogP contribution in [-0.4, -0.2) is 34.9 Å². The first kappa shape index (κ1) is 15.9. The van der Waals surface area contributed by atoms with Gasteiger partial charge in [0.05, 0.1) is 17.1 Å². The molecule has 0 radical (unpaired) electrons. The quantitative estimate of drug-likeness (QED) is 0.801. The largest absolute Gasteiger partial charge is 0.507 e. The Bertz CT molecular complexity index is 470. The van der Waals surface area contributed by atoms with E-state index in [1.54, 1.807) is 0 Å². The molecule has 0 spiro atoms. The number of phenolic OH excluding ortho intramolecular Hbond substituents is 1. The van der Waals surface area contributed by atoms with E-state index >= 15 is 0 Å². The standard InChI is InChI=1S/C10H8Cl2F3NO3/c11-4-1-5(12)8(6(17)2-4)9(19)16-3-7(18)10(13,14)15/h1-2,7,17-18H,3H2,(H,16,19)/t7-/m0/s1. The number of hydrogen-bond acceptors (Lipinski definition) is 3. The zero-order chi connectivity index (χ0) is 14.8. The number of hydrogen-bond donors (Lipinski definition) is 3. The van der Waals surface area contributed by atoms with Gasteiger partial charge in [-0.3, -0.25) is 4.79 Å². The fourth-order valence-electron chi connectivity index (χ4n) is 1.18. The van der Waals surface area contributed by atoms with Crippen LogP contribution < -0.4 is 5.32 Å². The third-order valence-electron chi connectivity index (χ3n) is 2.10. The van der Waals surface area contributed by atoms with Crippen molar-refractivity contribution in [3.8, 4) is 5.75 Å². The maximum Gasteiger partial charge on any atom is 0.416 e. The van der Waals surface area contributed by atoms with Crippen molar-refractivity contribution in [3.05, 3.63) is 27.7 Å². The summed E-state index contributed by atoms with van der Waals surface area (Å²) in [5.41, 5.74) is -0.416. The molecular formula is C10H8Cl2F3NO3. The number of phenols is 1. The van der Waals surface area contributed by atoms with Crippen molar-refractivity contribution in [3.63, 3.8) is 0 Å². The first-order valence-corrected chi connectivity index (χ1v) is 5.59. The van der Waals surface area contributed by atoms with Crippen LogP contribution in [0.25, 0.3) is 0 Å². The molecule has 0 aromatic heterocycles. The summed E-state index contributed by atoms with van der Waals surface area (Å²) in [4.78, 5) is 11.6. The van der Waals surface area contributed by atoms with Gasteiger partial charge in [-0.05, 0) is 12.1 Å². The summed E-state index contributed by atoms with van der Waals surface area (Å²) in [6.07, 6.45) is -7.55. The number of aliphatic hydroxyl groups excluding tert-OH is 1. The number of carbonyl (C=O) groups excluding carboxylic acids is 1. The Hall–Kier alpha value is -1.18. The zero-order valence-electron chi connectivity index (χ0n) is 9.13. The van der Waals surface area contributed by atoms with Gasteiger partial charge in [-0.1, -0.05) is 23.2 Å². The number of alkyl halides is 3. The lowest BCUT2D eigenvalue weighted by atomic mass is 10.2. The average molecular weight is 318 g/mol. The third kappa shape index (κ3) is 4.15. The number of halogens is 5. The third-order valence-corrected chi connectivity index (χ3v) is 2.61. The van der Waals surface area contributed by atoms with Crippen LogP contribution in [0.2, 0.25) is 10.0 Å². The summed E-state index contributed by atoms with van der Waals surface area (Å²) < 4.78 is 36.1. The highest BCUT2D eigenvalue weighted by molar-refractivity contribution is 6.37. The Morgan fingerprint density at radius 1 is 1.37 bits per heavy atom. The molecule has 0 saturated carbocycles. The topological polar surface area (TPSA) is 69.6 Å². The van der Waals surface area contributed by atoms with Gasteiger partial charge in [0.25, 0.3) is 5.91 Å². The van der Waals surface area contributed by atoms with Crippen molar-refractivity contribution in [2.24, 2.45) is 0 Å². The molecule has 1 aromatic rings. The van der Waals surface area contributed by atoms with Crippen molar-refractivity contribution in [1.82, 2.24) is 5.32 Å². The van der Waals surface area contributed by atoms with Gasteiger partial charge in [0.2, 0.25) is 0 Å². The van der Waals surface area contributed by atoms with Crippen LogP contribution in [0, 0.1) is 0 Å². The molecule has 0 saturated heterocycles. The number of nitrogens with one attached hydrogen (secondary N) is 1. The van der Waals surface area contributed by atoms with E-state index in [-0.39, 0.29) is 10.0 Å². The van der Waals surface area contributed by atoms with Crippen molar-refractivity contribution >= 4 is 29.1 Å². The Kier molecular flexibility index (Phi) is 4.89. The second kappa shape index (κ2) is 5.85. The molecule has 0 aliphatic heterocycles. The van der Waals surface area contributed by atoms with Crippen LogP contribution >= 0.6 is 23.2 Å². The lowest BCUT2D eigenvalue weighted by Crippen LogP contribution is -2.40. The highest BCUT2D eigenvalue weighted by Gasteiger charge is 2.38. The minimum absolute atomic E-state index is 0.0642. The molecule has 3 N–H and O–H groups in total. The summed E-state index contributed by atoms with van der Waals surface area (Å²) in [5, 5.41) is 19.8. The minimum atomic E-state index is -4.85. The van der Waals surface area contributed by atoms with Crippen LogP contribution in [0.15, 0.2) is 12.1 Å². The van der Waals surface area contributed by atoms with E-state index in [0.717, 1.165) is 12.1 Å². The SMILES string of the molecule is O=C(NC[C@H](O)C(F)(F)F)c1c(O)cc(Cl)cc1Cl. The average Bonchev–Trinajstić information content (AvgIpc) is 2.22. The molecular weight excluding hydrogens is 310 g/mol. The predicted molar refractivity (Wildman–Crippen MR) is 62.5 cm³/mol. The Morgan fingerprint density at radius 2 is 1.95 bits per heavy atom. The van der Waals surface area contributed by atoms with Crippen molar-refractivity contribution in [2.75, 3.05) is 6.54 Å². The summed E-state index contributed by atoms with van der Waals surface area (Å²) >= 11 is 11.2. The highest BCUT2D eigenvalue weighted by atomic mass is 35.5. The van der Waals surface area contributed by atoms with Crippen LogP contribution in [-0.2, 0) is 0 Å². The summed E-state index contributed by atoms with van der Waals surface area (Å²) in [7, 11) is 0. The minimum Gasteiger partial charge on any atom is -0.507 e. The number of benzene rings is 1. The first-order valence-electron chi connectivity index (χ1n) is 4.84. The number of carbonyl (C=O) groups is 1. The number of amides is 1. The summed E-state index contributed by atoms with van der Waals surface area (Å²) in [6.45, 7) is -1.05. The number of aromatic hydroxyl groups is 1. The van der Waals surface area contributed by atoms with Gasteiger partial charge < -0.3 is 15.5 Å². The Morgan fingerprint density at radius 3 is 2.42 bits per heavy atom. The summed E-state index contributed by atoms with van der Waals surface area (Å²) in [6, 6.07) is 2.17. The van der Waals surface area contributed by atoms with E-state index in [0.29, 0.717) is 0 Å². The maximum atomic E-state index is 12.0. The zero-order valence-corrected chi connectivity index (χ0v) is 10.6. The molecule has 106 valence electrons. The van der Waals surface area contributed by atoms with Gasteiger partial charge >= 0.3 is 6.18 Å². The van der Waals surface area contributed by atoms with E-state index in [2.05, 4.69) is 0 Å². The van der Waals surface area contributed by atoms with Crippen LogP contribution in [0.1, 0.15) is 10.4 Å². The number of rotatable bonds is 3. The molecule has 4 nitrogen and oxygen atoms in total. The van der Waals surface area contributed by atoms with Gasteiger partial charge in [-0.15, -0.1) is 0 Å². The molecule has 9 heteroatoms. The maximum absolute atomic E-state index is 12.0. The monoisotopic (exact) mass is 317 g/mol. The Balaban J connectivity index is 2.80. The summed E-state index contributed by atoms with van der Waals surface area (Å²) in [5.74, 6) is -1.63. The van der Waals surface area contributed by atoms with Gasteiger partial charge in [-0.2, -0.15) is 13.2 Å².